The number of carbonyl (C=O) groups is 1. The van der Waals surface area contributed by atoms with Crippen molar-refractivity contribution in [1.82, 2.24) is 0 Å². The molecule has 0 amide bonds. The highest BCUT2D eigenvalue weighted by Crippen LogP contribution is 1.91. The first kappa shape index (κ1) is 12.4. The largest absolute Gasteiger partial charge is 0.477 e. The van der Waals surface area contributed by atoms with E-state index in [9.17, 15) is 4.79 Å². The molecule has 0 aromatic heterocycles. The van der Waals surface area contributed by atoms with Gasteiger partial charge in [0, 0.05) is 0 Å². The second kappa shape index (κ2) is 6.88. The maximum Gasteiger partial charge on any atom is 0.365 e. The minimum Gasteiger partial charge on any atom is -0.477 e. The Hall–Kier alpha value is -1.59. The molecule has 0 aliphatic heterocycles. The number of nitrogens with one attached hydrogen (secondary N) is 1. The summed E-state index contributed by atoms with van der Waals surface area (Å²) in [5, 5.41) is 10.7. The monoisotopic (exact) mass is 202 g/mol. The van der Waals surface area contributed by atoms with Crippen LogP contribution in [-0.2, 0) is 19.1 Å². The molecule has 6 nitrogen and oxygen atoms in total. The average molecular weight is 202 g/mol. The molecule has 0 fully saturated rings. The van der Waals surface area contributed by atoms with E-state index in [2.05, 4.69) is 14.7 Å². The fraction of sp³-hybridized carbons (Fsp3) is 0.625. The fourth-order valence-corrected chi connectivity index (χ4v) is 0.610. The highest BCUT2D eigenvalue weighted by molar-refractivity contribution is 6.63. The molecule has 0 rings (SSSR count). The summed E-state index contributed by atoms with van der Waals surface area (Å²) in [6, 6.07) is 0. The number of esters is 1. The van der Waals surface area contributed by atoms with Gasteiger partial charge in [-0.15, -0.1) is 0 Å². The van der Waals surface area contributed by atoms with Gasteiger partial charge in [-0.1, -0.05) is 5.16 Å². The second-order valence-electron chi connectivity index (χ2n) is 2.11. The Kier molecular flexibility index (Phi) is 6.09. The predicted octanol–water partition coefficient (Wildman–Crippen LogP) is 0.566. The van der Waals surface area contributed by atoms with Crippen LogP contribution in [0.15, 0.2) is 5.16 Å². The van der Waals surface area contributed by atoms with Gasteiger partial charge in [-0.05, 0) is 13.8 Å². The predicted molar refractivity (Wildman–Crippen MR) is 50.4 cm³/mol. The van der Waals surface area contributed by atoms with Crippen molar-refractivity contribution in [1.29, 1.82) is 5.41 Å². The van der Waals surface area contributed by atoms with Crippen LogP contribution in [0.1, 0.15) is 13.8 Å². The number of nitrogens with zero attached hydrogens (tertiary/aromatic N) is 1. The first-order valence-electron chi connectivity index (χ1n) is 4.17. The summed E-state index contributed by atoms with van der Waals surface area (Å²) in [5.74, 6) is -1.11. The van der Waals surface area contributed by atoms with Gasteiger partial charge in [0.15, 0.2) is 0 Å². The zero-order chi connectivity index (χ0) is 11.0. The molecule has 6 heteroatoms. The zero-order valence-corrected chi connectivity index (χ0v) is 8.49. The van der Waals surface area contributed by atoms with E-state index in [1.807, 2.05) is 0 Å². The van der Waals surface area contributed by atoms with Gasteiger partial charge < -0.3 is 14.3 Å². The lowest BCUT2D eigenvalue weighted by Gasteiger charge is -2.05. The maximum atomic E-state index is 11.1. The fourth-order valence-electron chi connectivity index (χ4n) is 0.610. The number of rotatable bonds is 5. The number of carbonyl (C=O) groups excluding carboxylic acids is 1. The molecule has 14 heavy (non-hydrogen) atoms. The standard InChI is InChI=1S/C8H14N2O4/c1-4-13-7(9)6(8(11)12-3)10-14-5-2/h9H,4-5H2,1-3H3. The van der Waals surface area contributed by atoms with Gasteiger partial charge in [0.2, 0.25) is 11.6 Å². The summed E-state index contributed by atoms with van der Waals surface area (Å²) in [7, 11) is 1.20. The van der Waals surface area contributed by atoms with Gasteiger partial charge in [-0.25, -0.2) is 4.79 Å². The SMILES string of the molecule is CCON=C(C(=N)OCC)C(=O)OC. The van der Waals surface area contributed by atoms with Gasteiger partial charge in [0.1, 0.15) is 6.61 Å². The molecule has 0 heterocycles. The van der Waals surface area contributed by atoms with Crippen LogP contribution >= 0.6 is 0 Å². The summed E-state index contributed by atoms with van der Waals surface area (Å²) < 4.78 is 9.20. The van der Waals surface area contributed by atoms with Crippen LogP contribution in [0.3, 0.4) is 0 Å². The number of methoxy groups -OCH3 is 1. The van der Waals surface area contributed by atoms with E-state index in [1.54, 1.807) is 13.8 Å². The Bertz CT molecular complexity index is 237. The quantitative estimate of drug-likeness (QED) is 0.306. The maximum absolute atomic E-state index is 11.1. The average Bonchev–Trinajstić information content (AvgIpc) is 2.18. The van der Waals surface area contributed by atoms with Crippen molar-refractivity contribution in [3.8, 4) is 0 Å². The van der Waals surface area contributed by atoms with E-state index in [0.29, 0.717) is 6.61 Å². The smallest absolute Gasteiger partial charge is 0.365 e. The van der Waals surface area contributed by atoms with Crippen molar-refractivity contribution in [3.63, 3.8) is 0 Å². The van der Waals surface area contributed by atoms with Crippen molar-refractivity contribution in [2.75, 3.05) is 20.3 Å². The zero-order valence-electron chi connectivity index (χ0n) is 8.49. The summed E-state index contributed by atoms with van der Waals surface area (Å²) in [6.45, 7) is 3.99. The second-order valence-corrected chi connectivity index (χ2v) is 2.11. The van der Waals surface area contributed by atoms with Crippen LogP contribution in [0.5, 0.6) is 0 Å². The third-order valence-corrected chi connectivity index (χ3v) is 1.17. The lowest BCUT2D eigenvalue weighted by molar-refractivity contribution is -0.132. The Morgan fingerprint density at radius 3 is 2.43 bits per heavy atom. The van der Waals surface area contributed by atoms with Gasteiger partial charge in [0.25, 0.3) is 0 Å². The summed E-state index contributed by atoms with van der Waals surface area (Å²) in [6.07, 6.45) is 0. The van der Waals surface area contributed by atoms with Crippen molar-refractivity contribution in [2.24, 2.45) is 5.16 Å². The van der Waals surface area contributed by atoms with Crippen LogP contribution in [-0.4, -0.2) is 37.9 Å². The molecule has 0 saturated carbocycles. The molecule has 80 valence electrons. The van der Waals surface area contributed by atoms with Crippen LogP contribution in [0.2, 0.25) is 0 Å². The number of oxime groups is 1. The molecule has 0 unspecified atom stereocenters. The minimum atomic E-state index is -0.753. The van der Waals surface area contributed by atoms with E-state index < -0.39 is 5.97 Å². The molecule has 0 aliphatic carbocycles. The number of ether oxygens (including phenoxy) is 2. The van der Waals surface area contributed by atoms with E-state index in [4.69, 9.17) is 10.1 Å². The highest BCUT2D eigenvalue weighted by atomic mass is 16.6. The Labute approximate surface area is 82.3 Å². The molecular formula is C8H14N2O4. The first-order chi connectivity index (χ1) is 6.67. The van der Waals surface area contributed by atoms with Crippen molar-refractivity contribution < 1.29 is 19.1 Å². The Balaban J connectivity index is 4.54. The van der Waals surface area contributed by atoms with E-state index >= 15 is 0 Å². The van der Waals surface area contributed by atoms with Gasteiger partial charge in [-0.2, -0.15) is 0 Å². The molecule has 0 spiro atoms. The molecular weight excluding hydrogens is 188 g/mol. The highest BCUT2D eigenvalue weighted by Gasteiger charge is 2.20. The first-order valence-corrected chi connectivity index (χ1v) is 4.17. The lowest BCUT2D eigenvalue weighted by atomic mass is 10.4. The summed E-state index contributed by atoms with van der Waals surface area (Å²) in [5.41, 5.74) is -0.267. The van der Waals surface area contributed by atoms with Gasteiger partial charge in [-0.3, -0.25) is 5.41 Å². The van der Waals surface area contributed by atoms with Crippen LogP contribution < -0.4 is 0 Å². The van der Waals surface area contributed by atoms with Crippen LogP contribution in [0.25, 0.3) is 0 Å². The summed E-state index contributed by atoms with van der Waals surface area (Å²) >= 11 is 0. The van der Waals surface area contributed by atoms with E-state index in [1.165, 1.54) is 7.11 Å². The molecule has 0 radical (unpaired) electrons. The molecule has 0 atom stereocenters. The topological polar surface area (TPSA) is 81.0 Å². The molecule has 0 aliphatic rings. The van der Waals surface area contributed by atoms with E-state index in [-0.39, 0.29) is 18.2 Å². The van der Waals surface area contributed by atoms with Crippen LogP contribution in [0.4, 0.5) is 0 Å². The van der Waals surface area contributed by atoms with Gasteiger partial charge >= 0.3 is 5.97 Å². The third-order valence-electron chi connectivity index (χ3n) is 1.17. The lowest BCUT2D eigenvalue weighted by Crippen LogP contribution is -2.27. The molecule has 1 N–H and O–H groups in total. The van der Waals surface area contributed by atoms with E-state index in [0.717, 1.165) is 0 Å². The van der Waals surface area contributed by atoms with Gasteiger partial charge in [0.05, 0.1) is 13.7 Å². The molecule has 0 aromatic rings. The van der Waals surface area contributed by atoms with Crippen molar-refractivity contribution >= 4 is 17.6 Å². The third kappa shape index (κ3) is 3.88. The number of hydrogen-bond donors (Lipinski definition) is 1. The summed E-state index contributed by atoms with van der Waals surface area (Å²) in [4.78, 5) is 15.7. The van der Waals surface area contributed by atoms with Crippen molar-refractivity contribution in [3.05, 3.63) is 0 Å². The normalized spacial score (nSPS) is 10.6. The minimum absolute atomic E-state index is 0.267. The Morgan fingerprint density at radius 1 is 1.36 bits per heavy atom. The number of hydrogen-bond acceptors (Lipinski definition) is 6. The Morgan fingerprint density at radius 2 is 2.00 bits per heavy atom. The molecule has 0 aromatic carbocycles. The molecule has 0 bridgehead atoms. The van der Waals surface area contributed by atoms with Crippen molar-refractivity contribution in [2.45, 2.75) is 13.8 Å². The van der Waals surface area contributed by atoms with Crippen LogP contribution in [0, 0.1) is 5.41 Å². The molecule has 0 saturated heterocycles.